The van der Waals surface area contributed by atoms with Crippen LogP contribution < -0.4 is 4.90 Å². The molecule has 0 radical (unpaired) electrons. The Kier molecular flexibility index (Phi) is 6.38. The highest BCUT2D eigenvalue weighted by atomic mass is 32.1. The van der Waals surface area contributed by atoms with Gasteiger partial charge in [-0.1, -0.05) is 6.92 Å². The van der Waals surface area contributed by atoms with Gasteiger partial charge in [-0.25, -0.2) is 0 Å². The molecule has 1 N–H and O–H groups in total. The molecular formula is C13H23N3O3S. The number of hydrogen-bond acceptors (Lipinski definition) is 6. The molecule has 0 spiro atoms. The van der Waals surface area contributed by atoms with E-state index in [1.807, 2.05) is 19.0 Å². The zero-order valence-corrected chi connectivity index (χ0v) is 13.3. The van der Waals surface area contributed by atoms with Crippen LogP contribution in [0.3, 0.4) is 0 Å². The SMILES string of the molecule is CCCN(CCN(C)C)c1sc([C@H](C)O)cc1[N+](=O)[O-]. The Bertz CT molecular complexity index is 446. The van der Waals surface area contributed by atoms with Crippen LogP contribution in [0.4, 0.5) is 10.7 Å². The second kappa shape index (κ2) is 7.56. The zero-order valence-electron chi connectivity index (χ0n) is 12.5. The third-order valence-corrected chi connectivity index (χ3v) is 4.27. The molecule has 0 aliphatic rings. The van der Waals surface area contributed by atoms with Gasteiger partial charge in [0.25, 0.3) is 0 Å². The molecular weight excluding hydrogens is 278 g/mol. The third kappa shape index (κ3) is 4.43. The molecule has 0 unspecified atom stereocenters. The lowest BCUT2D eigenvalue weighted by Crippen LogP contribution is -2.32. The monoisotopic (exact) mass is 301 g/mol. The van der Waals surface area contributed by atoms with Crippen LogP contribution in [0.1, 0.15) is 31.2 Å². The summed E-state index contributed by atoms with van der Waals surface area (Å²) in [6.45, 7) is 6.02. The van der Waals surface area contributed by atoms with Gasteiger partial charge in [-0.05, 0) is 27.4 Å². The van der Waals surface area contributed by atoms with Gasteiger partial charge >= 0.3 is 5.69 Å². The number of aliphatic hydroxyl groups is 1. The molecule has 0 amide bonds. The quantitative estimate of drug-likeness (QED) is 0.590. The number of hydrogen-bond donors (Lipinski definition) is 1. The smallest absolute Gasteiger partial charge is 0.304 e. The van der Waals surface area contributed by atoms with Crippen LogP contribution in [-0.4, -0.2) is 48.7 Å². The maximum atomic E-state index is 11.2. The molecule has 0 aliphatic heterocycles. The molecule has 1 heterocycles. The van der Waals surface area contributed by atoms with Crippen LogP contribution in [0.25, 0.3) is 0 Å². The second-order valence-electron chi connectivity index (χ2n) is 5.06. The van der Waals surface area contributed by atoms with Crippen molar-refractivity contribution in [3.63, 3.8) is 0 Å². The van der Waals surface area contributed by atoms with Crippen LogP contribution in [0, 0.1) is 10.1 Å². The number of nitrogens with zero attached hydrogens (tertiary/aromatic N) is 3. The minimum atomic E-state index is -0.676. The maximum Gasteiger partial charge on any atom is 0.304 e. The standard InChI is InChI=1S/C13H23N3O3S/c1-5-6-15(8-7-14(3)4)13-11(16(18)19)9-12(20-13)10(2)17/h9-10,17H,5-8H2,1-4H3/t10-/m0/s1. The van der Waals surface area contributed by atoms with Gasteiger partial charge in [0.2, 0.25) is 0 Å². The molecule has 0 aromatic carbocycles. The summed E-state index contributed by atoms with van der Waals surface area (Å²) in [7, 11) is 3.96. The summed E-state index contributed by atoms with van der Waals surface area (Å²) >= 11 is 1.31. The fourth-order valence-corrected chi connectivity index (χ4v) is 2.97. The van der Waals surface area contributed by atoms with Gasteiger partial charge in [0.15, 0.2) is 5.00 Å². The summed E-state index contributed by atoms with van der Waals surface area (Å²) in [5.41, 5.74) is 0.0955. The first-order chi connectivity index (χ1) is 9.36. The van der Waals surface area contributed by atoms with Gasteiger partial charge in [0.05, 0.1) is 11.0 Å². The summed E-state index contributed by atoms with van der Waals surface area (Å²) in [5, 5.41) is 21.5. The highest BCUT2D eigenvalue weighted by Crippen LogP contribution is 2.40. The lowest BCUT2D eigenvalue weighted by molar-refractivity contribution is -0.383. The van der Waals surface area contributed by atoms with Crippen molar-refractivity contribution in [3.8, 4) is 0 Å². The summed E-state index contributed by atoms with van der Waals surface area (Å²) in [6.07, 6.45) is 0.247. The predicted octanol–water partition coefficient (Wildman–Crippen LogP) is 2.49. The van der Waals surface area contributed by atoms with E-state index in [0.29, 0.717) is 9.88 Å². The van der Waals surface area contributed by atoms with Gasteiger partial charge in [0, 0.05) is 30.6 Å². The maximum absolute atomic E-state index is 11.2. The van der Waals surface area contributed by atoms with Crippen molar-refractivity contribution < 1.29 is 10.0 Å². The van der Waals surface area contributed by atoms with Gasteiger partial charge in [-0.3, -0.25) is 10.1 Å². The average Bonchev–Trinajstić information content (AvgIpc) is 2.79. The topological polar surface area (TPSA) is 69.8 Å². The normalized spacial score (nSPS) is 12.7. The molecule has 1 atom stereocenters. The number of likely N-dealkylation sites (N-methyl/N-ethyl adjacent to an activating group) is 1. The first-order valence-corrected chi connectivity index (χ1v) is 7.54. The molecule has 114 valence electrons. The fraction of sp³-hybridized carbons (Fsp3) is 0.692. The molecule has 7 heteroatoms. The van der Waals surface area contributed by atoms with E-state index in [1.165, 1.54) is 17.4 Å². The Morgan fingerprint density at radius 2 is 2.05 bits per heavy atom. The van der Waals surface area contributed by atoms with E-state index in [1.54, 1.807) is 6.92 Å². The van der Waals surface area contributed by atoms with Crippen molar-refractivity contribution in [1.29, 1.82) is 0 Å². The van der Waals surface area contributed by atoms with E-state index in [2.05, 4.69) is 11.8 Å². The lowest BCUT2D eigenvalue weighted by Gasteiger charge is -2.23. The minimum absolute atomic E-state index is 0.0955. The highest BCUT2D eigenvalue weighted by Gasteiger charge is 2.25. The summed E-state index contributed by atoms with van der Waals surface area (Å²) in [6, 6.07) is 1.49. The molecule has 1 aromatic rings. The van der Waals surface area contributed by atoms with Crippen molar-refractivity contribution >= 4 is 22.0 Å². The Morgan fingerprint density at radius 3 is 2.50 bits per heavy atom. The molecule has 0 bridgehead atoms. The van der Waals surface area contributed by atoms with Crippen LogP contribution >= 0.6 is 11.3 Å². The minimum Gasteiger partial charge on any atom is -0.388 e. The van der Waals surface area contributed by atoms with E-state index in [9.17, 15) is 15.2 Å². The van der Waals surface area contributed by atoms with Crippen molar-refractivity contribution in [2.45, 2.75) is 26.4 Å². The summed E-state index contributed by atoms with van der Waals surface area (Å²) < 4.78 is 0. The Labute approximate surface area is 123 Å². The Morgan fingerprint density at radius 1 is 1.40 bits per heavy atom. The molecule has 1 rings (SSSR count). The van der Waals surface area contributed by atoms with Gasteiger partial charge in [0.1, 0.15) is 0 Å². The van der Waals surface area contributed by atoms with Crippen molar-refractivity contribution in [3.05, 3.63) is 21.1 Å². The molecule has 0 saturated heterocycles. The predicted molar refractivity (Wildman–Crippen MR) is 82.7 cm³/mol. The number of rotatable bonds is 8. The zero-order chi connectivity index (χ0) is 15.3. The number of nitro groups is 1. The van der Waals surface area contributed by atoms with Crippen molar-refractivity contribution in [2.75, 3.05) is 38.6 Å². The van der Waals surface area contributed by atoms with Gasteiger partial charge < -0.3 is 14.9 Å². The van der Waals surface area contributed by atoms with Crippen molar-refractivity contribution in [2.24, 2.45) is 0 Å². The molecule has 20 heavy (non-hydrogen) atoms. The molecule has 1 aromatic heterocycles. The largest absolute Gasteiger partial charge is 0.388 e. The Hall–Kier alpha value is -1.18. The van der Waals surface area contributed by atoms with Gasteiger partial charge in [-0.15, -0.1) is 11.3 Å². The first-order valence-electron chi connectivity index (χ1n) is 6.72. The average molecular weight is 301 g/mol. The highest BCUT2D eigenvalue weighted by molar-refractivity contribution is 7.16. The van der Waals surface area contributed by atoms with Gasteiger partial charge in [-0.2, -0.15) is 0 Å². The van der Waals surface area contributed by atoms with Crippen molar-refractivity contribution in [1.82, 2.24) is 4.90 Å². The second-order valence-corrected chi connectivity index (χ2v) is 6.12. The van der Waals surface area contributed by atoms with E-state index < -0.39 is 6.10 Å². The molecule has 0 aliphatic carbocycles. The molecule has 6 nitrogen and oxygen atoms in total. The summed E-state index contributed by atoms with van der Waals surface area (Å²) in [5.74, 6) is 0. The van der Waals surface area contributed by atoms with E-state index >= 15 is 0 Å². The van der Waals surface area contributed by atoms with E-state index in [-0.39, 0.29) is 10.6 Å². The summed E-state index contributed by atoms with van der Waals surface area (Å²) in [4.78, 5) is 15.6. The van der Waals surface area contributed by atoms with Crippen LogP contribution in [0.5, 0.6) is 0 Å². The van der Waals surface area contributed by atoms with Crippen LogP contribution in [0.15, 0.2) is 6.07 Å². The number of thiophene rings is 1. The first kappa shape index (κ1) is 16.9. The number of anilines is 1. The van der Waals surface area contributed by atoms with E-state index in [4.69, 9.17) is 0 Å². The third-order valence-electron chi connectivity index (χ3n) is 2.92. The Balaban J connectivity index is 3.06. The van der Waals surface area contributed by atoms with E-state index in [0.717, 1.165) is 26.1 Å². The molecule has 0 saturated carbocycles. The number of aliphatic hydroxyl groups excluding tert-OH is 1. The van der Waals surface area contributed by atoms with Crippen LogP contribution in [-0.2, 0) is 0 Å². The lowest BCUT2D eigenvalue weighted by atomic mass is 10.3. The van der Waals surface area contributed by atoms with Crippen LogP contribution in [0.2, 0.25) is 0 Å². The fourth-order valence-electron chi connectivity index (χ4n) is 1.86. The molecule has 0 fully saturated rings.